The summed E-state index contributed by atoms with van der Waals surface area (Å²) in [5, 5.41) is 10.9. The third kappa shape index (κ3) is 3.35. The zero-order valence-electron chi connectivity index (χ0n) is 9.61. The van der Waals surface area contributed by atoms with E-state index in [2.05, 4.69) is 4.74 Å². The predicted molar refractivity (Wildman–Crippen MR) is 67.2 cm³/mol. The molecule has 0 bridgehead atoms. The minimum absolute atomic E-state index is 0.350. The van der Waals surface area contributed by atoms with Crippen molar-refractivity contribution in [2.75, 3.05) is 7.11 Å². The van der Waals surface area contributed by atoms with Gasteiger partial charge in [-0.15, -0.1) is 0 Å². The smallest absolute Gasteiger partial charge is 0.311 e. The van der Waals surface area contributed by atoms with Crippen molar-refractivity contribution in [1.82, 2.24) is 0 Å². The summed E-state index contributed by atoms with van der Waals surface area (Å²) in [7, 11) is 1.30. The number of ether oxygens (including phenoxy) is 1. The highest BCUT2D eigenvalue weighted by molar-refractivity contribution is 6.42. The molecule has 1 aromatic rings. The van der Waals surface area contributed by atoms with Crippen molar-refractivity contribution in [1.29, 1.82) is 0 Å². The minimum atomic E-state index is -0.942. The molecule has 2 unspecified atom stereocenters. The lowest BCUT2D eigenvalue weighted by Crippen LogP contribution is -2.23. The number of aliphatic hydroxyl groups is 1. The molecule has 1 N–H and O–H groups in total. The van der Waals surface area contributed by atoms with Crippen LogP contribution in [0.15, 0.2) is 18.2 Å². The molecule has 2 atom stereocenters. The van der Waals surface area contributed by atoms with Crippen LogP contribution in [0.4, 0.5) is 0 Å². The van der Waals surface area contributed by atoms with E-state index in [9.17, 15) is 9.90 Å². The summed E-state index contributed by atoms with van der Waals surface area (Å²) in [5.41, 5.74) is 0.552. The average Bonchev–Trinajstić information content (AvgIpc) is 2.33. The molecule has 0 aliphatic rings. The number of hydrogen-bond acceptors (Lipinski definition) is 3. The lowest BCUT2D eigenvalue weighted by atomic mass is 9.93. The van der Waals surface area contributed by atoms with Crippen molar-refractivity contribution in [3.8, 4) is 0 Å². The summed E-state index contributed by atoms with van der Waals surface area (Å²) in [4.78, 5) is 11.5. The Morgan fingerprint density at radius 3 is 2.53 bits per heavy atom. The number of aliphatic hydroxyl groups excluding tert-OH is 1. The van der Waals surface area contributed by atoms with Crippen LogP contribution in [0.1, 0.15) is 25.0 Å². The first kappa shape index (κ1) is 14.3. The molecule has 94 valence electrons. The Bertz CT molecular complexity index is 407. The summed E-state index contributed by atoms with van der Waals surface area (Å²) in [5.74, 6) is -1.04. The van der Waals surface area contributed by atoms with Crippen LogP contribution >= 0.6 is 23.2 Å². The number of hydrogen-bond donors (Lipinski definition) is 1. The van der Waals surface area contributed by atoms with Crippen LogP contribution in [0, 0.1) is 5.92 Å². The van der Waals surface area contributed by atoms with Crippen LogP contribution in [0.3, 0.4) is 0 Å². The Labute approximate surface area is 110 Å². The number of carbonyl (C=O) groups excluding carboxylic acids is 1. The first-order valence-corrected chi connectivity index (χ1v) is 5.97. The van der Waals surface area contributed by atoms with Gasteiger partial charge in [0.25, 0.3) is 0 Å². The van der Waals surface area contributed by atoms with Crippen LogP contribution < -0.4 is 0 Å². The topological polar surface area (TPSA) is 46.5 Å². The Kier molecular flexibility index (Phi) is 5.25. The number of halogens is 2. The summed E-state index contributed by atoms with van der Waals surface area (Å²) in [6.07, 6.45) is -0.462. The monoisotopic (exact) mass is 276 g/mol. The number of carbonyl (C=O) groups is 1. The maximum atomic E-state index is 11.5. The van der Waals surface area contributed by atoms with Crippen LogP contribution in [0.25, 0.3) is 0 Å². The van der Waals surface area contributed by atoms with Crippen molar-refractivity contribution >= 4 is 29.2 Å². The average molecular weight is 277 g/mol. The Balaban J connectivity index is 2.97. The fourth-order valence-corrected chi connectivity index (χ4v) is 1.91. The third-order valence-electron chi connectivity index (χ3n) is 2.61. The van der Waals surface area contributed by atoms with Crippen LogP contribution in [0.5, 0.6) is 0 Å². The highest BCUT2D eigenvalue weighted by Crippen LogP contribution is 2.30. The molecule has 0 aliphatic carbocycles. The van der Waals surface area contributed by atoms with Gasteiger partial charge in [0.2, 0.25) is 0 Å². The van der Waals surface area contributed by atoms with E-state index in [-0.39, 0.29) is 0 Å². The number of benzene rings is 1. The number of methoxy groups -OCH3 is 1. The molecule has 1 aromatic carbocycles. The van der Waals surface area contributed by atoms with Crippen molar-refractivity contribution in [2.24, 2.45) is 5.92 Å². The van der Waals surface area contributed by atoms with Gasteiger partial charge < -0.3 is 9.84 Å². The molecule has 0 heterocycles. The van der Waals surface area contributed by atoms with E-state index in [1.807, 2.05) is 6.92 Å². The van der Waals surface area contributed by atoms with Gasteiger partial charge in [-0.25, -0.2) is 0 Å². The molecule has 5 heteroatoms. The van der Waals surface area contributed by atoms with Crippen molar-refractivity contribution in [2.45, 2.75) is 19.4 Å². The van der Waals surface area contributed by atoms with Gasteiger partial charge in [-0.3, -0.25) is 4.79 Å². The zero-order valence-corrected chi connectivity index (χ0v) is 11.1. The van der Waals surface area contributed by atoms with Gasteiger partial charge in [-0.05, 0) is 24.1 Å². The van der Waals surface area contributed by atoms with Gasteiger partial charge in [-0.1, -0.05) is 36.2 Å². The maximum absolute atomic E-state index is 11.5. The van der Waals surface area contributed by atoms with Gasteiger partial charge in [0.05, 0.1) is 29.2 Å². The normalized spacial score (nSPS) is 14.2. The SMILES string of the molecule is CCC(C(=O)OC)C(O)c1ccc(Cl)c(Cl)c1. The second-order valence-electron chi connectivity index (χ2n) is 3.66. The van der Waals surface area contributed by atoms with Gasteiger partial charge in [-0.2, -0.15) is 0 Å². The fourth-order valence-electron chi connectivity index (χ4n) is 1.60. The summed E-state index contributed by atoms with van der Waals surface area (Å²) < 4.78 is 4.64. The molecule has 0 aliphatic heterocycles. The second-order valence-corrected chi connectivity index (χ2v) is 4.47. The largest absolute Gasteiger partial charge is 0.469 e. The van der Waals surface area contributed by atoms with Crippen molar-refractivity contribution in [3.05, 3.63) is 33.8 Å². The summed E-state index contributed by atoms with van der Waals surface area (Å²) >= 11 is 11.6. The van der Waals surface area contributed by atoms with Gasteiger partial charge >= 0.3 is 5.97 Å². The lowest BCUT2D eigenvalue weighted by Gasteiger charge is -2.19. The highest BCUT2D eigenvalue weighted by Gasteiger charge is 2.27. The van der Waals surface area contributed by atoms with Crippen LogP contribution in [0.2, 0.25) is 10.0 Å². The zero-order chi connectivity index (χ0) is 13.0. The molecule has 0 aromatic heterocycles. The van der Waals surface area contributed by atoms with E-state index in [0.29, 0.717) is 22.0 Å². The maximum Gasteiger partial charge on any atom is 0.311 e. The van der Waals surface area contributed by atoms with Gasteiger partial charge in [0.1, 0.15) is 0 Å². The van der Waals surface area contributed by atoms with Gasteiger partial charge in [0.15, 0.2) is 0 Å². The molecule has 3 nitrogen and oxygen atoms in total. The number of rotatable bonds is 4. The van der Waals surface area contributed by atoms with E-state index in [1.54, 1.807) is 18.2 Å². The molecular formula is C12H14Cl2O3. The third-order valence-corrected chi connectivity index (χ3v) is 3.35. The Hall–Kier alpha value is -0.770. The van der Waals surface area contributed by atoms with E-state index >= 15 is 0 Å². The Morgan fingerprint density at radius 1 is 1.41 bits per heavy atom. The first-order chi connectivity index (χ1) is 8.01. The summed E-state index contributed by atoms with van der Waals surface area (Å²) in [6, 6.07) is 4.79. The van der Waals surface area contributed by atoms with Crippen molar-refractivity contribution < 1.29 is 14.6 Å². The quantitative estimate of drug-likeness (QED) is 0.859. The van der Waals surface area contributed by atoms with E-state index in [4.69, 9.17) is 23.2 Å². The number of esters is 1. The van der Waals surface area contributed by atoms with Crippen LogP contribution in [-0.2, 0) is 9.53 Å². The van der Waals surface area contributed by atoms with E-state index < -0.39 is 18.0 Å². The van der Waals surface area contributed by atoms with Crippen LogP contribution in [-0.4, -0.2) is 18.2 Å². The molecule has 0 fully saturated rings. The molecule has 0 saturated heterocycles. The molecule has 17 heavy (non-hydrogen) atoms. The molecule has 0 amide bonds. The molecule has 1 rings (SSSR count). The van der Waals surface area contributed by atoms with E-state index in [0.717, 1.165) is 0 Å². The molecule has 0 radical (unpaired) electrons. The minimum Gasteiger partial charge on any atom is -0.469 e. The standard InChI is InChI=1S/C12H14Cl2O3/c1-3-8(12(16)17-2)11(15)7-4-5-9(13)10(14)6-7/h4-6,8,11,15H,3H2,1-2H3. The van der Waals surface area contributed by atoms with Gasteiger partial charge in [0, 0.05) is 0 Å². The Morgan fingerprint density at radius 2 is 2.06 bits per heavy atom. The molecule has 0 spiro atoms. The molecule has 0 saturated carbocycles. The van der Waals surface area contributed by atoms with E-state index in [1.165, 1.54) is 7.11 Å². The summed E-state index contributed by atoms with van der Waals surface area (Å²) in [6.45, 7) is 1.81. The second kappa shape index (κ2) is 6.24. The fraction of sp³-hybridized carbons (Fsp3) is 0.417. The van der Waals surface area contributed by atoms with Crippen molar-refractivity contribution in [3.63, 3.8) is 0 Å². The first-order valence-electron chi connectivity index (χ1n) is 5.22. The molecular weight excluding hydrogens is 263 g/mol. The predicted octanol–water partition coefficient (Wildman–Crippen LogP) is 3.23. The lowest BCUT2D eigenvalue weighted by molar-refractivity contribution is -0.149. The highest BCUT2D eigenvalue weighted by atomic mass is 35.5.